The van der Waals surface area contributed by atoms with Crippen LogP contribution in [0, 0.1) is 5.82 Å². The third kappa shape index (κ3) is 8.39. The number of carbonyl (C=O) groups is 2. The lowest BCUT2D eigenvalue weighted by atomic mass is 9.94. The Morgan fingerprint density at radius 3 is 2.15 bits per heavy atom. The highest BCUT2D eigenvalue weighted by molar-refractivity contribution is 7.99. The molecule has 4 rings (SSSR count). The zero-order valence-corrected chi connectivity index (χ0v) is 25.1. The van der Waals surface area contributed by atoms with Gasteiger partial charge < -0.3 is 10.2 Å². The van der Waals surface area contributed by atoms with Crippen molar-refractivity contribution in [1.29, 1.82) is 0 Å². The molecule has 1 fully saturated rings. The zero-order chi connectivity index (χ0) is 28.5. The van der Waals surface area contributed by atoms with Gasteiger partial charge in [0.15, 0.2) is 0 Å². The second-order valence-electron chi connectivity index (χ2n) is 9.96. The maximum Gasteiger partial charge on any atom is 0.243 e. The number of benzene rings is 3. The van der Waals surface area contributed by atoms with Gasteiger partial charge in [-0.1, -0.05) is 96.5 Å². The van der Waals surface area contributed by atoms with E-state index in [1.54, 1.807) is 35.2 Å². The van der Waals surface area contributed by atoms with Crippen molar-refractivity contribution in [1.82, 2.24) is 10.2 Å². The molecule has 1 atom stereocenters. The number of rotatable bonds is 11. The second kappa shape index (κ2) is 15.1. The monoisotopic (exact) mass is 620 g/mol. The molecular weight excluding hydrogens is 590 g/mol. The Hall–Kier alpha value is -2.25. The average Bonchev–Trinajstić information content (AvgIpc) is 2.94. The van der Waals surface area contributed by atoms with Crippen LogP contribution in [0.5, 0.6) is 0 Å². The summed E-state index contributed by atoms with van der Waals surface area (Å²) in [5, 5.41) is 4.36. The fourth-order valence-corrected chi connectivity index (χ4v) is 6.71. The Morgan fingerprint density at radius 1 is 0.875 bits per heavy atom. The van der Waals surface area contributed by atoms with E-state index in [9.17, 15) is 14.0 Å². The van der Waals surface area contributed by atoms with E-state index in [0.29, 0.717) is 32.6 Å². The molecular formula is C31H32Cl3FN2O2S. The van der Waals surface area contributed by atoms with Gasteiger partial charge in [-0.05, 0) is 42.7 Å². The van der Waals surface area contributed by atoms with Crippen LogP contribution in [0.4, 0.5) is 4.39 Å². The highest BCUT2D eigenvalue weighted by Gasteiger charge is 2.32. The SMILES string of the molecule is O=C(NC1CCCCC1)[C@H](Cc1ccccc1)N(Cc1c(Cl)cccc1Cl)C(=O)CSCc1c(F)cccc1Cl. The summed E-state index contributed by atoms with van der Waals surface area (Å²) in [4.78, 5) is 29.3. The van der Waals surface area contributed by atoms with Crippen LogP contribution < -0.4 is 5.32 Å². The molecule has 0 aromatic heterocycles. The number of thioether (sulfide) groups is 1. The first-order valence-electron chi connectivity index (χ1n) is 13.4. The van der Waals surface area contributed by atoms with Crippen molar-refractivity contribution < 1.29 is 14.0 Å². The summed E-state index contributed by atoms with van der Waals surface area (Å²) in [6.45, 7) is 0.0634. The van der Waals surface area contributed by atoms with Gasteiger partial charge in [-0.3, -0.25) is 9.59 Å². The Morgan fingerprint density at radius 2 is 1.50 bits per heavy atom. The number of amides is 2. The van der Waals surface area contributed by atoms with Gasteiger partial charge in [0.05, 0.1) is 5.75 Å². The normalized spacial score (nSPS) is 14.5. The summed E-state index contributed by atoms with van der Waals surface area (Å²) in [7, 11) is 0. The molecule has 3 aromatic rings. The summed E-state index contributed by atoms with van der Waals surface area (Å²) >= 11 is 20.5. The van der Waals surface area contributed by atoms with E-state index in [4.69, 9.17) is 34.8 Å². The molecule has 0 spiro atoms. The van der Waals surface area contributed by atoms with Crippen LogP contribution in [-0.4, -0.2) is 34.6 Å². The molecule has 0 heterocycles. The van der Waals surface area contributed by atoms with Crippen LogP contribution >= 0.6 is 46.6 Å². The van der Waals surface area contributed by atoms with Gasteiger partial charge in [0.25, 0.3) is 0 Å². The molecule has 0 aliphatic heterocycles. The quantitative estimate of drug-likeness (QED) is 0.235. The molecule has 0 saturated heterocycles. The second-order valence-corrected chi connectivity index (χ2v) is 12.2. The van der Waals surface area contributed by atoms with Gasteiger partial charge in [0, 0.05) is 51.0 Å². The molecule has 1 saturated carbocycles. The maximum absolute atomic E-state index is 14.3. The molecule has 4 nitrogen and oxygen atoms in total. The van der Waals surface area contributed by atoms with Gasteiger partial charge in [0.2, 0.25) is 11.8 Å². The minimum atomic E-state index is -0.790. The van der Waals surface area contributed by atoms with Crippen LogP contribution in [0.25, 0.3) is 0 Å². The lowest BCUT2D eigenvalue weighted by molar-refractivity contribution is -0.139. The smallest absolute Gasteiger partial charge is 0.243 e. The number of hydrogen-bond donors (Lipinski definition) is 1. The Bertz CT molecular complexity index is 1260. The lowest BCUT2D eigenvalue weighted by Gasteiger charge is -2.34. The first-order valence-corrected chi connectivity index (χ1v) is 15.7. The third-order valence-electron chi connectivity index (χ3n) is 7.15. The Labute approximate surface area is 254 Å². The molecule has 3 aromatic carbocycles. The highest BCUT2D eigenvalue weighted by atomic mass is 35.5. The Kier molecular flexibility index (Phi) is 11.6. The van der Waals surface area contributed by atoms with Crippen LogP contribution in [0.15, 0.2) is 66.7 Å². The van der Waals surface area contributed by atoms with Crippen LogP contribution in [-0.2, 0) is 28.3 Å². The van der Waals surface area contributed by atoms with E-state index in [0.717, 1.165) is 31.2 Å². The first kappa shape index (κ1) is 30.7. The average molecular weight is 622 g/mol. The number of nitrogens with one attached hydrogen (secondary N) is 1. The van der Waals surface area contributed by atoms with Crippen molar-refractivity contribution in [2.45, 2.75) is 62.9 Å². The fraction of sp³-hybridized carbons (Fsp3) is 0.355. The number of carbonyl (C=O) groups excluding carboxylic acids is 2. The predicted octanol–water partition coefficient (Wildman–Crippen LogP) is 8.11. The molecule has 0 bridgehead atoms. The van der Waals surface area contributed by atoms with Gasteiger partial charge >= 0.3 is 0 Å². The van der Waals surface area contributed by atoms with Crippen molar-refractivity contribution in [3.05, 3.63) is 104 Å². The van der Waals surface area contributed by atoms with Gasteiger partial charge in [-0.2, -0.15) is 0 Å². The van der Waals surface area contributed by atoms with E-state index in [1.165, 1.54) is 24.2 Å². The van der Waals surface area contributed by atoms with Gasteiger partial charge in [-0.15, -0.1) is 11.8 Å². The first-order chi connectivity index (χ1) is 19.3. The molecule has 1 N–H and O–H groups in total. The maximum atomic E-state index is 14.3. The van der Waals surface area contributed by atoms with E-state index in [2.05, 4.69) is 5.32 Å². The van der Waals surface area contributed by atoms with Gasteiger partial charge in [-0.25, -0.2) is 4.39 Å². The molecule has 0 radical (unpaired) electrons. The molecule has 40 heavy (non-hydrogen) atoms. The minimum Gasteiger partial charge on any atom is -0.352 e. The zero-order valence-electron chi connectivity index (χ0n) is 22.1. The number of hydrogen-bond acceptors (Lipinski definition) is 3. The molecule has 212 valence electrons. The van der Waals surface area contributed by atoms with Crippen molar-refractivity contribution in [3.8, 4) is 0 Å². The summed E-state index contributed by atoms with van der Waals surface area (Å²) in [6, 6.07) is 18.6. The predicted molar refractivity (Wildman–Crippen MR) is 164 cm³/mol. The van der Waals surface area contributed by atoms with Crippen LogP contribution in [0.2, 0.25) is 15.1 Å². The fourth-order valence-electron chi connectivity index (χ4n) is 4.95. The van der Waals surface area contributed by atoms with E-state index < -0.39 is 11.9 Å². The summed E-state index contributed by atoms with van der Waals surface area (Å²) in [6.07, 6.45) is 5.49. The topological polar surface area (TPSA) is 49.4 Å². The van der Waals surface area contributed by atoms with Crippen molar-refractivity contribution in [3.63, 3.8) is 0 Å². The number of halogens is 4. The Balaban J connectivity index is 1.62. The lowest BCUT2D eigenvalue weighted by Crippen LogP contribution is -2.53. The minimum absolute atomic E-state index is 0.0226. The van der Waals surface area contributed by atoms with E-state index in [1.807, 2.05) is 30.3 Å². The highest BCUT2D eigenvalue weighted by Crippen LogP contribution is 2.29. The summed E-state index contributed by atoms with van der Waals surface area (Å²) in [5.41, 5.74) is 1.85. The van der Waals surface area contributed by atoms with Crippen LogP contribution in [0.1, 0.15) is 48.8 Å². The molecule has 0 unspecified atom stereocenters. The number of nitrogens with zero attached hydrogens (tertiary/aromatic N) is 1. The standard InChI is InChI=1S/C31H32Cl3FN2O2S/c32-25-13-7-14-26(33)23(25)18-37(30(38)20-40-19-24-27(34)15-8-16-28(24)35)29(17-21-9-3-1-4-10-21)31(39)36-22-11-5-2-6-12-22/h1,3-4,7-10,13-16,22,29H,2,5-6,11-12,17-20H2,(H,36,39)/t29-/m0/s1. The van der Waals surface area contributed by atoms with Crippen LogP contribution in [0.3, 0.4) is 0 Å². The molecule has 2 amide bonds. The summed E-state index contributed by atoms with van der Waals surface area (Å²) < 4.78 is 14.3. The van der Waals surface area contributed by atoms with Crippen molar-refractivity contribution in [2.75, 3.05) is 5.75 Å². The van der Waals surface area contributed by atoms with Crippen molar-refractivity contribution in [2.24, 2.45) is 0 Å². The molecule has 1 aliphatic carbocycles. The van der Waals surface area contributed by atoms with Gasteiger partial charge in [0.1, 0.15) is 11.9 Å². The third-order valence-corrected chi connectivity index (χ3v) is 9.15. The summed E-state index contributed by atoms with van der Waals surface area (Å²) in [5.74, 6) is -0.645. The largest absolute Gasteiger partial charge is 0.352 e. The van der Waals surface area contributed by atoms with E-state index >= 15 is 0 Å². The molecule has 1 aliphatic rings. The van der Waals surface area contributed by atoms with E-state index in [-0.39, 0.29) is 35.9 Å². The van der Waals surface area contributed by atoms with Crippen molar-refractivity contribution >= 4 is 58.4 Å². The molecule has 9 heteroatoms.